The van der Waals surface area contributed by atoms with Gasteiger partial charge in [0, 0.05) is 45.0 Å². The van der Waals surface area contributed by atoms with Crippen LogP contribution in [0.5, 0.6) is 0 Å². The van der Waals surface area contributed by atoms with E-state index >= 15 is 0 Å². The Kier molecular flexibility index (Phi) is 5.42. The second-order valence-electron chi connectivity index (χ2n) is 7.51. The number of hydrogen-bond acceptors (Lipinski definition) is 4. The maximum absolute atomic E-state index is 12.6. The van der Waals surface area contributed by atoms with Crippen molar-refractivity contribution in [3.63, 3.8) is 0 Å². The Hall–Kier alpha value is -1.89. The first-order chi connectivity index (χ1) is 11.9. The van der Waals surface area contributed by atoms with Gasteiger partial charge in [-0.2, -0.15) is 5.10 Å². The Labute approximate surface area is 149 Å². The minimum atomic E-state index is -0.0333. The zero-order valence-electron chi connectivity index (χ0n) is 15.6. The second kappa shape index (κ2) is 7.56. The number of hydrogen-bond donors (Lipinski definition) is 0. The number of nitrogens with zero attached hydrogens (tertiary/aromatic N) is 5. The highest BCUT2D eigenvalue weighted by atomic mass is 16.2. The number of likely N-dealkylation sites (N-methyl/N-ethyl adjacent to an activating group) is 1. The van der Waals surface area contributed by atoms with E-state index in [1.807, 2.05) is 16.7 Å². The van der Waals surface area contributed by atoms with Crippen molar-refractivity contribution in [2.75, 3.05) is 46.3 Å². The Balaban J connectivity index is 1.63. The van der Waals surface area contributed by atoms with Gasteiger partial charge in [-0.3, -0.25) is 14.3 Å². The quantitative estimate of drug-likeness (QED) is 0.813. The lowest BCUT2D eigenvalue weighted by Crippen LogP contribution is -2.47. The molecule has 138 valence electrons. The van der Waals surface area contributed by atoms with E-state index in [4.69, 9.17) is 0 Å². The molecule has 2 saturated heterocycles. The maximum Gasteiger partial charge on any atom is 0.274 e. The van der Waals surface area contributed by atoms with Crippen LogP contribution in [0, 0.1) is 12.8 Å². The number of aryl methyl sites for hydroxylation is 1. The summed E-state index contributed by atoms with van der Waals surface area (Å²) in [5, 5.41) is 4.42. The number of likely N-dealkylation sites (tertiary alicyclic amines) is 1. The summed E-state index contributed by atoms with van der Waals surface area (Å²) < 4.78 is 1.67. The van der Waals surface area contributed by atoms with Crippen LogP contribution in [0.15, 0.2) is 6.07 Å². The van der Waals surface area contributed by atoms with Gasteiger partial charge in [-0.05, 0) is 38.8 Å². The molecule has 7 heteroatoms. The number of aromatic nitrogens is 2. The molecule has 2 aliphatic rings. The molecular formula is C18H29N5O2. The van der Waals surface area contributed by atoms with Crippen molar-refractivity contribution >= 4 is 11.8 Å². The molecule has 0 saturated carbocycles. The van der Waals surface area contributed by atoms with Gasteiger partial charge in [0.2, 0.25) is 5.91 Å². The Morgan fingerprint density at radius 3 is 2.56 bits per heavy atom. The van der Waals surface area contributed by atoms with E-state index in [9.17, 15) is 9.59 Å². The van der Waals surface area contributed by atoms with Gasteiger partial charge in [0.05, 0.1) is 0 Å². The molecule has 3 heterocycles. The lowest BCUT2D eigenvalue weighted by atomic mass is 10.0. The van der Waals surface area contributed by atoms with Crippen LogP contribution in [0.2, 0.25) is 0 Å². The molecule has 0 aliphatic carbocycles. The molecule has 0 unspecified atom stereocenters. The number of piperidine rings is 1. The van der Waals surface area contributed by atoms with Crippen molar-refractivity contribution in [2.45, 2.75) is 33.2 Å². The summed E-state index contributed by atoms with van der Waals surface area (Å²) in [6.45, 7) is 9.19. The summed E-state index contributed by atoms with van der Waals surface area (Å²) in [7, 11) is 2.06. The lowest BCUT2D eigenvalue weighted by Gasteiger charge is -2.32. The molecule has 2 amide bonds. The molecule has 25 heavy (non-hydrogen) atoms. The smallest absolute Gasteiger partial charge is 0.274 e. The first-order valence-corrected chi connectivity index (χ1v) is 9.24. The lowest BCUT2D eigenvalue weighted by molar-refractivity contribution is -0.133. The van der Waals surface area contributed by atoms with Crippen molar-refractivity contribution < 1.29 is 9.59 Å². The van der Waals surface area contributed by atoms with Gasteiger partial charge in [0.1, 0.15) is 6.54 Å². The average molecular weight is 347 g/mol. The highest BCUT2D eigenvalue weighted by molar-refractivity contribution is 5.92. The number of amides is 2. The van der Waals surface area contributed by atoms with Gasteiger partial charge in [-0.1, -0.05) is 6.92 Å². The van der Waals surface area contributed by atoms with Crippen molar-refractivity contribution in [1.29, 1.82) is 0 Å². The molecule has 0 aromatic carbocycles. The highest BCUT2D eigenvalue weighted by Gasteiger charge is 2.25. The van der Waals surface area contributed by atoms with Crippen molar-refractivity contribution in [2.24, 2.45) is 5.92 Å². The third-order valence-electron chi connectivity index (χ3n) is 5.29. The summed E-state index contributed by atoms with van der Waals surface area (Å²) in [4.78, 5) is 31.2. The fourth-order valence-electron chi connectivity index (χ4n) is 3.59. The minimum absolute atomic E-state index is 0.0333. The van der Waals surface area contributed by atoms with Gasteiger partial charge >= 0.3 is 0 Å². The largest absolute Gasteiger partial charge is 0.341 e. The van der Waals surface area contributed by atoms with Gasteiger partial charge in [-0.15, -0.1) is 0 Å². The summed E-state index contributed by atoms with van der Waals surface area (Å²) in [5.41, 5.74) is 1.30. The van der Waals surface area contributed by atoms with Crippen LogP contribution in [0.3, 0.4) is 0 Å². The predicted octanol–water partition coefficient (Wildman–Crippen LogP) is 0.838. The molecule has 2 aliphatic heterocycles. The highest BCUT2D eigenvalue weighted by Crippen LogP contribution is 2.16. The first-order valence-electron chi connectivity index (χ1n) is 9.24. The topological polar surface area (TPSA) is 61.7 Å². The molecule has 1 aromatic heterocycles. The normalized spacial score (nSPS) is 22.3. The zero-order chi connectivity index (χ0) is 18.0. The van der Waals surface area contributed by atoms with E-state index in [0.717, 1.165) is 51.4 Å². The molecule has 2 fully saturated rings. The van der Waals surface area contributed by atoms with E-state index in [-0.39, 0.29) is 18.4 Å². The van der Waals surface area contributed by atoms with E-state index in [0.29, 0.717) is 11.6 Å². The Morgan fingerprint density at radius 2 is 1.88 bits per heavy atom. The molecule has 0 spiro atoms. The molecule has 0 N–H and O–H groups in total. The molecule has 7 nitrogen and oxygen atoms in total. The summed E-state index contributed by atoms with van der Waals surface area (Å²) in [6.07, 6.45) is 2.26. The average Bonchev–Trinajstić information content (AvgIpc) is 2.95. The van der Waals surface area contributed by atoms with Crippen LogP contribution in [0.25, 0.3) is 0 Å². The monoisotopic (exact) mass is 347 g/mol. The molecular weight excluding hydrogens is 318 g/mol. The van der Waals surface area contributed by atoms with E-state index in [2.05, 4.69) is 24.0 Å². The van der Waals surface area contributed by atoms with E-state index < -0.39 is 0 Å². The Morgan fingerprint density at radius 1 is 1.16 bits per heavy atom. The fraction of sp³-hybridized carbons (Fsp3) is 0.722. The van der Waals surface area contributed by atoms with Crippen molar-refractivity contribution in [3.05, 3.63) is 17.5 Å². The third kappa shape index (κ3) is 4.21. The van der Waals surface area contributed by atoms with Gasteiger partial charge in [0.25, 0.3) is 5.91 Å². The van der Waals surface area contributed by atoms with E-state index in [1.165, 1.54) is 6.42 Å². The number of piperazine rings is 1. The summed E-state index contributed by atoms with van der Waals surface area (Å²) in [6, 6.07) is 1.80. The molecule has 1 aromatic rings. The summed E-state index contributed by atoms with van der Waals surface area (Å²) in [5.74, 6) is 0.621. The van der Waals surface area contributed by atoms with Gasteiger partial charge in [-0.25, -0.2) is 0 Å². The van der Waals surface area contributed by atoms with Crippen LogP contribution in [-0.2, 0) is 11.3 Å². The summed E-state index contributed by atoms with van der Waals surface area (Å²) >= 11 is 0. The Bertz CT molecular complexity index is 633. The minimum Gasteiger partial charge on any atom is -0.341 e. The van der Waals surface area contributed by atoms with Crippen LogP contribution in [-0.4, -0.2) is 82.6 Å². The van der Waals surface area contributed by atoms with Crippen LogP contribution in [0.1, 0.15) is 35.9 Å². The molecule has 0 bridgehead atoms. The van der Waals surface area contributed by atoms with Crippen LogP contribution < -0.4 is 0 Å². The van der Waals surface area contributed by atoms with Crippen LogP contribution in [0.4, 0.5) is 0 Å². The number of rotatable bonds is 3. The zero-order valence-corrected chi connectivity index (χ0v) is 15.6. The number of carbonyl (C=O) groups excluding carboxylic acids is 2. The number of carbonyl (C=O) groups is 2. The SMILES string of the molecule is Cc1cc(C(=O)N2CCN(C)CC2)nn1CC(=O)N1CCC[C@@H](C)C1. The van der Waals surface area contributed by atoms with Gasteiger partial charge < -0.3 is 14.7 Å². The van der Waals surface area contributed by atoms with E-state index in [1.54, 1.807) is 10.7 Å². The third-order valence-corrected chi connectivity index (χ3v) is 5.29. The molecule has 3 rings (SSSR count). The molecule has 1 atom stereocenters. The molecule has 0 radical (unpaired) electrons. The van der Waals surface area contributed by atoms with Crippen LogP contribution >= 0.6 is 0 Å². The maximum atomic E-state index is 12.6. The standard InChI is InChI=1S/C18H29N5O2/c1-14-5-4-6-22(12-14)17(24)13-23-15(2)11-16(19-23)18(25)21-9-7-20(3)8-10-21/h11,14H,4-10,12-13H2,1-3H3/t14-/m1/s1. The fourth-order valence-corrected chi connectivity index (χ4v) is 3.59. The second-order valence-corrected chi connectivity index (χ2v) is 7.51. The first kappa shape index (κ1) is 17.9. The predicted molar refractivity (Wildman–Crippen MR) is 95.3 cm³/mol. The van der Waals surface area contributed by atoms with Crippen molar-refractivity contribution in [1.82, 2.24) is 24.5 Å². The van der Waals surface area contributed by atoms with Crippen molar-refractivity contribution in [3.8, 4) is 0 Å². The van der Waals surface area contributed by atoms with Gasteiger partial charge in [0.15, 0.2) is 5.69 Å².